The van der Waals surface area contributed by atoms with E-state index in [0.29, 0.717) is 32.0 Å². The van der Waals surface area contributed by atoms with Gasteiger partial charge in [0.2, 0.25) is 10.0 Å². The minimum absolute atomic E-state index is 0.0273. The molecule has 2 rings (SSSR count). The molecule has 11 heteroatoms. The van der Waals surface area contributed by atoms with Gasteiger partial charge in [-0.2, -0.15) is 13.2 Å². The minimum Gasteiger partial charge on any atom is -0.352 e. The first-order valence-corrected chi connectivity index (χ1v) is 9.49. The van der Waals surface area contributed by atoms with E-state index >= 15 is 0 Å². The lowest BCUT2D eigenvalue weighted by atomic mass is 10.2. The normalized spacial score (nSPS) is 19.6. The smallest absolute Gasteiger partial charge is 0.352 e. The van der Waals surface area contributed by atoms with Crippen LogP contribution in [0.3, 0.4) is 0 Å². The third kappa shape index (κ3) is 6.46. The number of nitrogens with two attached hydrogens (primary N) is 1. The molecule has 0 bridgehead atoms. The third-order valence-electron chi connectivity index (χ3n) is 3.95. The Hall–Kier alpha value is -1.85. The fourth-order valence-electron chi connectivity index (χ4n) is 2.72. The van der Waals surface area contributed by atoms with Crippen molar-refractivity contribution in [2.75, 3.05) is 26.7 Å². The molecule has 4 N–H and O–H groups in total. The van der Waals surface area contributed by atoms with Gasteiger partial charge < -0.3 is 10.6 Å². The summed E-state index contributed by atoms with van der Waals surface area (Å²) >= 11 is 0. The van der Waals surface area contributed by atoms with Gasteiger partial charge in [0.15, 0.2) is 5.96 Å². The number of hydrogen-bond donors (Lipinski definition) is 3. The highest BCUT2D eigenvalue weighted by Gasteiger charge is 2.34. The van der Waals surface area contributed by atoms with Gasteiger partial charge in [-0.3, -0.25) is 9.89 Å². The lowest BCUT2D eigenvalue weighted by Gasteiger charge is -2.19. The van der Waals surface area contributed by atoms with Crippen molar-refractivity contribution in [1.29, 1.82) is 0 Å². The lowest BCUT2D eigenvalue weighted by Crippen LogP contribution is -2.44. The van der Waals surface area contributed by atoms with Crippen molar-refractivity contribution < 1.29 is 21.6 Å². The maximum Gasteiger partial charge on any atom is 0.401 e. The lowest BCUT2D eigenvalue weighted by molar-refractivity contribution is -0.143. The highest BCUT2D eigenvalue weighted by molar-refractivity contribution is 7.89. The molecule has 1 saturated heterocycles. The summed E-state index contributed by atoms with van der Waals surface area (Å²) in [5.74, 6) is 0.472. The molecule has 1 aliphatic heterocycles. The topological polar surface area (TPSA) is 99.8 Å². The first kappa shape index (κ1) is 20.5. The second-order valence-corrected chi connectivity index (χ2v) is 7.66. The molecule has 1 heterocycles. The quantitative estimate of drug-likeness (QED) is 0.504. The number of nitrogens with zero attached hydrogens (tertiary/aromatic N) is 2. The maximum absolute atomic E-state index is 12.4. The summed E-state index contributed by atoms with van der Waals surface area (Å²) in [7, 11) is -2.16. The van der Waals surface area contributed by atoms with E-state index in [1.165, 1.54) is 17.0 Å². The van der Waals surface area contributed by atoms with Crippen LogP contribution in [0.2, 0.25) is 0 Å². The average molecular weight is 393 g/mol. The number of aliphatic imine (C=N–C) groups is 1. The molecule has 1 fully saturated rings. The maximum atomic E-state index is 12.4. The second-order valence-electron chi connectivity index (χ2n) is 6.09. The summed E-state index contributed by atoms with van der Waals surface area (Å²) in [5, 5.41) is 11.2. The van der Waals surface area contributed by atoms with E-state index in [-0.39, 0.29) is 10.9 Å². The molecule has 0 aliphatic carbocycles. The number of likely N-dealkylation sites (tertiary alicyclic amines) is 1. The van der Waals surface area contributed by atoms with Gasteiger partial charge in [0.05, 0.1) is 11.4 Å². The molecule has 1 aromatic rings. The molecule has 0 amide bonds. The predicted molar refractivity (Wildman–Crippen MR) is 92.0 cm³/mol. The van der Waals surface area contributed by atoms with Gasteiger partial charge >= 0.3 is 6.18 Å². The monoisotopic (exact) mass is 393 g/mol. The van der Waals surface area contributed by atoms with Gasteiger partial charge in [0.25, 0.3) is 0 Å². The fraction of sp³-hybridized carbons (Fsp3) is 0.533. The molecule has 1 aromatic carbocycles. The van der Waals surface area contributed by atoms with Crippen LogP contribution in [-0.4, -0.2) is 58.2 Å². The molecule has 0 radical (unpaired) electrons. The van der Waals surface area contributed by atoms with E-state index in [2.05, 4.69) is 15.6 Å². The molecule has 0 spiro atoms. The number of guanidine groups is 1. The van der Waals surface area contributed by atoms with Crippen LogP contribution >= 0.6 is 0 Å². The van der Waals surface area contributed by atoms with Crippen molar-refractivity contribution in [2.24, 2.45) is 10.1 Å². The minimum atomic E-state index is -4.20. The number of halogens is 3. The standard InChI is InChI=1S/C15H22F3N5O2S/c1-20-14(22-12-6-7-23(9-12)10-15(16,17)18)21-8-11-2-4-13(5-3-11)26(19,24)25/h2-5,12H,6-10H2,1H3,(H2,19,24,25)(H2,20,21,22). The molecular formula is C15H22F3N5O2S. The summed E-state index contributed by atoms with van der Waals surface area (Å²) in [4.78, 5) is 5.45. The van der Waals surface area contributed by atoms with E-state index in [0.717, 1.165) is 5.56 Å². The molecule has 0 aromatic heterocycles. The molecule has 26 heavy (non-hydrogen) atoms. The number of sulfonamides is 1. The zero-order valence-corrected chi connectivity index (χ0v) is 15.1. The Kier molecular flexibility index (Phi) is 6.48. The number of benzene rings is 1. The molecule has 1 aliphatic rings. The SMILES string of the molecule is CN=C(NCc1ccc(S(N)(=O)=O)cc1)NC1CCN(CC(F)(F)F)C1. The number of primary sulfonamides is 1. The first-order valence-electron chi connectivity index (χ1n) is 7.95. The van der Waals surface area contributed by atoms with Crippen LogP contribution in [0.4, 0.5) is 13.2 Å². The van der Waals surface area contributed by atoms with Gasteiger partial charge in [-0.15, -0.1) is 0 Å². The van der Waals surface area contributed by atoms with E-state index in [9.17, 15) is 21.6 Å². The number of hydrogen-bond acceptors (Lipinski definition) is 4. The Morgan fingerprint density at radius 3 is 2.54 bits per heavy atom. The van der Waals surface area contributed by atoms with Crippen molar-refractivity contribution in [3.8, 4) is 0 Å². The van der Waals surface area contributed by atoms with Gasteiger partial charge in [0, 0.05) is 32.7 Å². The van der Waals surface area contributed by atoms with Gasteiger partial charge in [0.1, 0.15) is 0 Å². The molecule has 1 unspecified atom stereocenters. The summed E-state index contributed by atoms with van der Waals surface area (Å²) in [5.41, 5.74) is 0.811. The molecule has 0 saturated carbocycles. The van der Waals surface area contributed by atoms with Crippen LogP contribution in [0.5, 0.6) is 0 Å². The Balaban J connectivity index is 1.83. The third-order valence-corrected chi connectivity index (χ3v) is 4.88. The van der Waals surface area contributed by atoms with Crippen molar-refractivity contribution in [2.45, 2.75) is 30.1 Å². The summed E-state index contributed by atoms with van der Waals surface area (Å²) in [6, 6.07) is 5.96. The highest BCUT2D eigenvalue weighted by atomic mass is 32.2. The van der Waals surface area contributed by atoms with Crippen molar-refractivity contribution in [1.82, 2.24) is 15.5 Å². The number of alkyl halides is 3. The average Bonchev–Trinajstić information content (AvgIpc) is 2.96. The van der Waals surface area contributed by atoms with Crippen LogP contribution in [0.25, 0.3) is 0 Å². The van der Waals surface area contributed by atoms with E-state index in [4.69, 9.17) is 5.14 Å². The zero-order valence-electron chi connectivity index (χ0n) is 14.3. The predicted octanol–water partition coefficient (Wildman–Crippen LogP) is 0.636. The van der Waals surface area contributed by atoms with Gasteiger partial charge in [-0.1, -0.05) is 12.1 Å². The van der Waals surface area contributed by atoms with Gasteiger partial charge in [-0.25, -0.2) is 13.6 Å². The Morgan fingerprint density at radius 1 is 1.35 bits per heavy atom. The molecular weight excluding hydrogens is 371 g/mol. The zero-order chi connectivity index (χ0) is 19.4. The summed E-state index contributed by atoms with van der Waals surface area (Å²) < 4.78 is 59.7. The fourth-order valence-corrected chi connectivity index (χ4v) is 3.23. The van der Waals surface area contributed by atoms with Crippen LogP contribution in [0, 0.1) is 0 Å². The van der Waals surface area contributed by atoms with Crippen LogP contribution in [0.15, 0.2) is 34.2 Å². The number of nitrogens with one attached hydrogen (secondary N) is 2. The van der Waals surface area contributed by atoms with E-state index in [1.54, 1.807) is 19.2 Å². The van der Waals surface area contributed by atoms with Crippen molar-refractivity contribution >= 4 is 16.0 Å². The first-order chi connectivity index (χ1) is 12.1. The Morgan fingerprint density at radius 2 is 2.00 bits per heavy atom. The van der Waals surface area contributed by atoms with E-state index in [1.807, 2.05) is 0 Å². The number of rotatable bonds is 5. The highest BCUT2D eigenvalue weighted by Crippen LogP contribution is 2.19. The molecule has 7 nitrogen and oxygen atoms in total. The Bertz CT molecular complexity index is 735. The van der Waals surface area contributed by atoms with Crippen LogP contribution < -0.4 is 15.8 Å². The van der Waals surface area contributed by atoms with Crippen LogP contribution in [-0.2, 0) is 16.6 Å². The molecule has 1 atom stereocenters. The van der Waals surface area contributed by atoms with Gasteiger partial charge in [-0.05, 0) is 24.1 Å². The molecule has 146 valence electrons. The van der Waals surface area contributed by atoms with Crippen molar-refractivity contribution in [3.63, 3.8) is 0 Å². The summed E-state index contributed by atoms with van der Waals surface area (Å²) in [6.07, 6.45) is -3.60. The largest absolute Gasteiger partial charge is 0.401 e. The second kappa shape index (κ2) is 8.23. The Labute approximate surface area is 150 Å². The van der Waals surface area contributed by atoms with Crippen molar-refractivity contribution in [3.05, 3.63) is 29.8 Å². The summed E-state index contributed by atoms with van der Waals surface area (Å²) in [6.45, 7) is 0.142. The van der Waals surface area contributed by atoms with E-state index < -0.39 is 22.7 Å². The van der Waals surface area contributed by atoms with Crippen LogP contribution in [0.1, 0.15) is 12.0 Å².